The zero-order valence-electron chi connectivity index (χ0n) is 6.99. The molecule has 0 bridgehead atoms. The van der Waals surface area contributed by atoms with Gasteiger partial charge < -0.3 is 0 Å². The van der Waals surface area contributed by atoms with Gasteiger partial charge in [-0.25, -0.2) is 0 Å². The van der Waals surface area contributed by atoms with Crippen molar-refractivity contribution in [1.82, 2.24) is 4.98 Å². The summed E-state index contributed by atoms with van der Waals surface area (Å²) in [6.45, 7) is 7.20. The van der Waals surface area contributed by atoms with Gasteiger partial charge in [0.25, 0.3) is 0 Å². The summed E-state index contributed by atoms with van der Waals surface area (Å²) in [5, 5.41) is 0.726. The Labute approximate surface area is 59.5 Å². The van der Waals surface area contributed by atoms with E-state index in [-0.39, 0.29) is 0 Å². The quantitative estimate of drug-likeness (QED) is 0.546. The molecule has 0 amide bonds. The predicted molar refractivity (Wildman–Crippen MR) is 45.7 cm³/mol. The van der Waals surface area contributed by atoms with Crippen LogP contribution in [0.1, 0.15) is 27.2 Å². The minimum atomic E-state index is -0.875. The van der Waals surface area contributed by atoms with E-state index in [1.54, 1.807) is 0 Å². The van der Waals surface area contributed by atoms with Crippen LogP contribution in [0.2, 0.25) is 10.6 Å². The third-order valence-electron chi connectivity index (χ3n) is 3.01. The zero-order valence-corrected chi connectivity index (χ0v) is 8.41. The van der Waals surface area contributed by atoms with Gasteiger partial charge in [0.15, 0.2) is 0 Å². The van der Waals surface area contributed by atoms with Gasteiger partial charge in [0.05, 0.1) is 0 Å². The van der Waals surface area contributed by atoms with Gasteiger partial charge in [0.1, 0.15) is 0 Å². The van der Waals surface area contributed by atoms with Crippen LogP contribution in [-0.2, 0) is 0 Å². The van der Waals surface area contributed by atoms with Gasteiger partial charge in [-0.1, -0.05) is 0 Å². The van der Waals surface area contributed by atoms with Crippen molar-refractivity contribution in [2.45, 2.75) is 37.8 Å². The Morgan fingerprint density at radius 2 is 2.11 bits per heavy atom. The van der Waals surface area contributed by atoms with Crippen LogP contribution in [0.3, 0.4) is 0 Å². The van der Waals surface area contributed by atoms with E-state index in [1.807, 2.05) is 0 Å². The van der Waals surface area contributed by atoms with Crippen LogP contribution in [0.5, 0.6) is 0 Å². The topological polar surface area (TPSA) is 12.0 Å². The van der Waals surface area contributed by atoms with E-state index in [4.69, 9.17) is 0 Å². The van der Waals surface area contributed by atoms with Gasteiger partial charge in [-0.05, 0) is 0 Å². The Kier molecular flexibility index (Phi) is 1.70. The number of nitrogens with one attached hydrogen (secondary N) is 1. The van der Waals surface area contributed by atoms with Crippen molar-refractivity contribution >= 4 is 8.96 Å². The summed E-state index contributed by atoms with van der Waals surface area (Å²) in [7, 11) is 1.26. The fraction of sp³-hybridized carbons (Fsp3) is 1.00. The van der Waals surface area contributed by atoms with Crippen molar-refractivity contribution in [3.63, 3.8) is 0 Å². The second-order valence-corrected chi connectivity index (χ2v) is 9.60. The summed E-state index contributed by atoms with van der Waals surface area (Å²) in [6, 6.07) is 0. The Morgan fingerprint density at radius 1 is 1.56 bits per heavy atom. The maximum absolute atomic E-state index is 3.52. The molecule has 1 atom stereocenters. The average Bonchev–Trinajstić information content (AvgIpc) is 1.63. The van der Waals surface area contributed by atoms with Crippen LogP contribution < -0.4 is 4.98 Å². The van der Waals surface area contributed by atoms with Gasteiger partial charge in [0, 0.05) is 0 Å². The second kappa shape index (κ2) is 2.10. The molecule has 0 spiro atoms. The molecular formula is C7H18NSi-. The molecule has 1 aliphatic rings. The Bertz CT molecular complexity index is 111. The molecule has 9 heavy (non-hydrogen) atoms. The Balaban J connectivity index is 2.48. The summed E-state index contributed by atoms with van der Waals surface area (Å²) < 4.78 is 0. The van der Waals surface area contributed by atoms with Gasteiger partial charge in [-0.15, -0.1) is 0 Å². The van der Waals surface area contributed by atoms with E-state index in [0.29, 0.717) is 0 Å². The zero-order chi connectivity index (χ0) is 7.07. The molecule has 1 heterocycles. The molecular weight excluding hydrogens is 126 g/mol. The van der Waals surface area contributed by atoms with Crippen molar-refractivity contribution in [3.05, 3.63) is 0 Å². The monoisotopic (exact) mass is 144 g/mol. The average molecular weight is 144 g/mol. The normalized spacial score (nSPS) is 36.0. The van der Waals surface area contributed by atoms with E-state index in [2.05, 4.69) is 32.8 Å². The van der Waals surface area contributed by atoms with Crippen LogP contribution in [0.25, 0.3) is 0 Å². The Hall–Kier alpha value is 0.177. The van der Waals surface area contributed by atoms with Gasteiger partial charge in [-0.3, -0.25) is 0 Å². The molecule has 2 heteroatoms. The molecule has 0 radical (unpaired) electrons. The molecule has 0 saturated carbocycles. The second-order valence-electron chi connectivity index (χ2n) is 4.41. The van der Waals surface area contributed by atoms with Crippen molar-refractivity contribution in [3.8, 4) is 0 Å². The summed E-state index contributed by atoms with van der Waals surface area (Å²) in [5.41, 5.74) is 1.06. The molecule has 1 saturated heterocycles. The third-order valence-corrected chi connectivity index (χ3v) is 7.81. The number of hydrogen-bond donors (Lipinski definition) is 1. The summed E-state index contributed by atoms with van der Waals surface area (Å²) in [5.74, 6) is 0. The first-order chi connectivity index (χ1) is 4.08. The van der Waals surface area contributed by atoms with Gasteiger partial charge >= 0.3 is 58.8 Å². The predicted octanol–water partition coefficient (Wildman–Crippen LogP) is 1.24. The van der Waals surface area contributed by atoms with Crippen molar-refractivity contribution in [1.29, 1.82) is 0 Å². The Morgan fingerprint density at radius 3 is 2.22 bits per heavy atom. The van der Waals surface area contributed by atoms with Crippen LogP contribution in [0.15, 0.2) is 0 Å². The maximum atomic E-state index is 3.52. The summed E-state index contributed by atoms with van der Waals surface area (Å²) in [6.07, 6.45) is 1.45. The van der Waals surface area contributed by atoms with E-state index in [9.17, 15) is 0 Å². The van der Waals surface area contributed by atoms with Crippen molar-refractivity contribution < 1.29 is 0 Å². The SMILES string of the molecule is CN[SiH2-]1C(C)CC1(C)C. The van der Waals surface area contributed by atoms with Crippen molar-refractivity contribution in [2.24, 2.45) is 0 Å². The molecule has 1 unspecified atom stereocenters. The number of rotatable bonds is 1. The molecule has 1 rings (SSSR count). The molecule has 56 valence electrons. The van der Waals surface area contributed by atoms with Crippen LogP contribution in [0.4, 0.5) is 0 Å². The van der Waals surface area contributed by atoms with Crippen LogP contribution >= 0.6 is 0 Å². The first kappa shape index (κ1) is 7.29. The van der Waals surface area contributed by atoms with Crippen LogP contribution in [0, 0.1) is 0 Å². The molecule has 1 N–H and O–H groups in total. The molecule has 0 aromatic carbocycles. The summed E-state index contributed by atoms with van der Waals surface area (Å²) in [4.78, 5) is 3.52. The fourth-order valence-corrected chi connectivity index (χ4v) is 7.58. The van der Waals surface area contributed by atoms with E-state index >= 15 is 0 Å². The first-order valence-electron chi connectivity index (χ1n) is 3.95. The fourth-order valence-electron chi connectivity index (χ4n) is 2.80. The van der Waals surface area contributed by atoms with E-state index in [1.165, 1.54) is 6.42 Å². The van der Waals surface area contributed by atoms with Gasteiger partial charge in [0.2, 0.25) is 0 Å². The van der Waals surface area contributed by atoms with E-state index in [0.717, 1.165) is 10.6 Å². The van der Waals surface area contributed by atoms with E-state index < -0.39 is 8.96 Å². The molecule has 1 fully saturated rings. The standard InChI is InChI=1S/C7H18NSi/c1-6-5-7(2,3)9(6)8-4/h6,8H,5,9H2,1-4H3/q-1. The molecule has 0 aromatic heterocycles. The molecule has 1 aliphatic heterocycles. The first-order valence-corrected chi connectivity index (χ1v) is 6.19. The van der Waals surface area contributed by atoms with Gasteiger partial charge in [-0.2, -0.15) is 0 Å². The summed E-state index contributed by atoms with van der Waals surface area (Å²) >= 11 is 0. The minimum absolute atomic E-state index is 0.726. The number of hydrogen-bond acceptors (Lipinski definition) is 1. The molecule has 1 nitrogen and oxygen atoms in total. The van der Waals surface area contributed by atoms with Crippen molar-refractivity contribution in [2.75, 3.05) is 7.05 Å². The molecule has 0 aromatic rings. The van der Waals surface area contributed by atoms with Crippen LogP contribution in [-0.4, -0.2) is 16.0 Å². The molecule has 0 aliphatic carbocycles. The third kappa shape index (κ3) is 1.06.